The lowest BCUT2D eigenvalue weighted by atomic mass is 9.95. The van der Waals surface area contributed by atoms with Gasteiger partial charge in [-0.25, -0.2) is 13.1 Å². The molecule has 0 aliphatic heterocycles. The number of hydrogen-bond donors (Lipinski definition) is 2. The molecule has 21 heavy (non-hydrogen) atoms. The van der Waals surface area contributed by atoms with E-state index in [1.165, 1.54) is 6.07 Å². The average molecular weight is 332 g/mol. The quantitative estimate of drug-likeness (QED) is 0.833. The third-order valence-electron chi connectivity index (χ3n) is 4.00. The zero-order chi connectivity index (χ0) is 15.5. The lowest BCUT2D eigenvalue weighted by Gasteiger charge is -2.26. The molecule has 0 aromatic heterocycles. The maximum absolute atomic E-state index is 12.3. The Morgan fingerprint density at radius 2 is 1.86 bits per heavy atom. The molecule has 0 spiro atoms. The fraction of sp³-hybridized carbons (Fsp3) is 0.600. The van der Waals surface area contributed by atoms with Gasteiger partial charge >= 0.3 is 0 Å². The van der Waals surface area contributed by atoms with Crippen LogP contribution < -0.4 is 4.72 Å². The maximum Gasteiger partial charge on any atom is 0.242 e. The lowest BCUT2D eigenvalue weighted by molar-refractivity contribution is 0.0303. The second-order valence-electron chi connectivity index (χ2n) is 5.90. The molecule has 1 fully saturated rings. The van der Waals surface area contributed by atoms with Crippen molar-refractivity contribution in [3.05, 3.63) is 28.8 Å². The number of halogens is 1. The van der Waals surface area contributed by atoms with Gasteiger partial charge in [0.2, 0.25) is 10.0 Å². The summed E-state index contributed by atoms with van der Waals surface area (Å²) >= 11 is 6.01. The molecule has 1 aliphatic carbocycles. The Morgan fingerprint density at radius 3 is 2.43 bits per heavy atom. The van der Waals surface area contributed by atoms with Gasteiger partial charge in [-0.2, -0.15) is 0 Å². The summed E-state index contributed by atoms with van der Waals surface area (Å²) in [7, 11) is -3.70. The van der Waals surface area contributed by atoms with Crippen LogP contribution in [0.2, 0.25) is 5.02 Å². The van der Waals surface area contributed by atoms with Crippen molar-refractivity contribution in [1.29, 1.82) is 0 Å². The highest BCUT2D eigenvalue weighted by Crippen LogP contribution is 2.27. The first kappa shape index (κ1) is 16.7. The molecule has 0 heterocycles. The monoisotopic (exact) mass is 331 g/mol. The van der Waals surface area contributed by atoms with Gasteiger partial charge in [0.05, 0.1) is 10.6 Å². The molecule has 1 aromatic rings. The molecule has 4 nitrogen and oxygen atoms in total. The largest absolute Gasteiger partial charge is 0.389 e. The van der Waals surface area contributed by atoms with Crippen molar-refractivity contribution in [1.82, 2.24) is 4.72 Å². The maximum atomic E-state index is 12.3. The van der Waals surface area contributed by atoms with Gasteiger partial charge in [0.25, 0.3) is 0 Å². The predicted molar refractivity (Wildman–Crippen MR) is 84.0 cm³/mol. The molecule has 2 N–H and O–H groups in total. The number of benzene rings is 1. The van der Waals surface area contributed by atoms with E-state index < -0.39 is 15.6 Å². The van der Waals surface area contributed by atoms with Gasteiger partial charge in [-0.05, 0) is 37.5 Å². The van der Waals surface area contributed by atoms with Crippen molar-refractivity contribution in [3.63, 3.8) is 0 Å². The van der Waals surface area contributed by atoms with E-state index in [4.69, 9.17) is 11.6 Å². The Morgan fingerprint density at radius 1 is 1.24 bits per heavy atom. The smallest absolute Gasteiger partial charge is 0.242 e. The van der Waals surface area contributed by atoms with Crippen molar-refractivity contribution >= 4 is 21.6 Å². The minimum absolute atomic E-state index is 0.0412. The van der Waals surface area contributed by atoms with Gasteiger partial charge in [0, 0.05) is 6.54 Å². The summed E-state index contributed by atoms with van der Waals surface area (Å²) in [6.45, 7) is 1.89. The zero-order valence-electron chi connectivity index (χ0n) is 12.2. The molecule has 1 aliphatic rings. The van der Waals surface area contributed by atoms with Gasteiger partial charge in [0.15, 0.2) is 0 Å². The van der Waals surface area contributed by atoms with Crippen LogP contribution in [0.4, 0.5) is 0 Å². The summed E-state index contributed by atoms with van der Waals surface area (Å²) in [5, 5.41) is 10.7. The molecule has 6 heteroatoms. The Balaban J connectivity index is 2.10. The SMILES string of the molecule is Cc1ccc(S(=O)(=O)NCC2(O)CCCCCC2)c(Cl)c1. The number of hydrogen-bond acceptors (Lipinski definition) is 3. The van der Waals surface area contributed by atoms with Gasteiger partial charge in [0.1, 0.15) is 4.90 Å². The summed E-state index contributed by atoms with van der Waals surface area (Å²) in [6.07, 6.45) is 5.33. The number of nitrogens with one attached hydrogen (secondary N) is 1. The lowest BCUT2D eigenvalue weighted by Crippen LogP contribution is -2.42. The van der Waals surface area contributed by atoms with E-state index in [2.05, 4.69) is 4.72 Å². The van der Waals surface area contributed by atoms with E-state index in [0.717, 1.165) is 31.2 Å². The molecule has 118 valence electrons. The minimum atomic E-state index is -3.70. The molecular weight excluding hydrogens is 310 g/mol. The van der Waals surface area contributed by atoms with Crippen LogP contribution in [0.3, 0.4) is 0 Å². The third-order valence-corrected chi connectivity index (χ3v) is 5.89. The van der Waals surface area contributed by atoms with E-state index in [0.29, 0.717) is 12.8 Å². The normalized spacial score (nSPS) is 19.2. The van der Waals surface area contributed by atoms with Crippen LogP contribution in [0.15, 0.2) is 23.1 Å². The molecular formula is C15H22ClNO3S. The average Bonchev–Trinajstić information content (AvgIpc) is 2.62. The van der Waals surface area contributed by atoms with Crippen LogP contribution in [0.25, 0.3) is 0 Å². The van der Waals surface area contributed by atoms with Crippen molar-refractivity contribution in [2.75, 3.05) is 6.54 Å². The fourth-order valence-electron chi connectivity index (χ4n) is 2.69. The van der Waals surface area contributed by atoms with E-state index in [1.54, 1.807) is 12.1 Å². The highest BCUT2D eigenvalue weighted by Gasteiger charge is 2.30. The van der Waals surface area contributed by atoms with Gasteiger partial charge in [-0.15, -0.1) is 0 Å². The second kappa shape index (κ2) is 6.65. The molecule has 0 bridgehead atoms. The van der Waals surface area contributed by atoms with Crippen molar-refractivity contribution in [3.8, 4) is 0 Å². The van der Waals surface area contributed by atoms with Crippen LogP contribution >= 0.6 is 11.6 Å². The fourth-order valence-corrected chi connectivity index (χ4v) is 4.41. The summed E-state index contributed by atoms with van der Waals surface area (Å²) in [5.41, 5.74) is -0.0397. The number of sulfonamides is 1. The first-order valence-electron chi connectivity index (χ1n) is 7.31. The Labute approximate surface area is 131 Å². The van der Waals surface area contributed by atoms with Crippen molar-refractivity contribution in [2.24, 2.45) is 0 Å². The Bertz CT molecular complexity index is 593. The highest BCUT2D eigenvalue weighted by atomic mass is 35.5. The minimum Gasteiger partial charge on any atom is -0.389 e. The number of aryl methyl sites for hydroxylation is 1. The van der Waals surface area contributed by atoms with Gasteiger partial charge < -0.3 is 5.11 Å². The third kappa shape index (κ3) is 4.42. The number of aliphatic hydroxyl groups is 1. The summed E-state index contributed by atoms with van der Waals surface area (Å²) in [4.78, 5) is 0.0620. The summed E-state index contributed by atoms with van der Waals surface area (Å²) in [6, 6.07) is 4.83. The van der Waals surface area contributed by atoms with E-state index in [1.807, 2.05) is 6.92 Å². The Hall–Kier alpha value is -0.620. The first-order valence-corrected chi connectivity index (χ1v) is 9.17. The van der Waals surface area contributed by atoms with Crippen molar-refractivity contribution in [2.45, 2.75) is 55.9 Å². The summed E-state index contributed by atoms with van der Waals surface area (Å²) in [5.74, 6) is 0. The standard InChI is InChI=1S/C15H22ClNO3S/c1-12-6-7-14(13(16)10-12)21(19,20)17-11-15(18)8-4-2-3-5-9-15/h6-7,10,17-18H,2-5,8-9,11H2,1H3. The van der Waals surface area contributed by atoms with Crippen LogP contribution in [0.1, 0.15) is 44.1 Å². The van der Waals surface area contributed by atoms with E-state index in [9.17, 15) is 13.5 Å². The van der Waals surface area contributed by atoms with E-state index >= 15 is 0 Å². The molecule has 0 atom stereocenters. The Kier molecular flexibility index (Phi) is 5.30. The predicted octanol–water partition coefficient (Wildman–Crippen LogP) is 3.01. The molecule has 0 unspecified atom stereocenters. The molecule has 0 radical (unpaired) electrons. The zero-order valence-corrected chi connectivity index (χ0v) is 13.8. The summed E-state index contributed by atoms with van der Waals surface area (Å²) < 4.78 is 27.2. The molecule has 1 saturated carbocycles. The van der Waals surface area contributed by atoms with Crippen LogP contribution in [0, 0.1) is 6.92 Å². The van der Waals surface area contributed by atoms with E-state index in [-0.39, 0.29) is 16.5 Å². The molecule has 0 amide bonds. The van der Waals surface area contributed by atoms with Crippen molar-refractivity contribution < 1.29 is 13.5 Å². The molecule has 2 rings (SSSR count). The number of rotatable bonds is 4. The first-order chi connectivity index (χ1) is 9.82. The van der Waals surface area contributed by atoms with Crippen LogP contribution in [-0.2, 0) is 10.0 Å². The van der Waals surface area contributed by atoms with Gasteiger partial charge in [-0.1, -0.05) is 43.4 Å². The second-order valence-corrected chi connectivity index (χ2v) is 8.04. The molecule has 1 aromatic carbocycles. The topological polar surface area (TPSA) is 66.4 Å². The highest BCUT2D eigenvalue weighted by molar-refractivity contribution is 7.89. The van der Waals surface area contributed by atoms with Gasteiger partial charge in [-0.3, -0.25) is 0 Å². The molecule has 0 saturated heterocycles. The van der Waals surface area contributed by atoms with Crippen LogP contribution in [-0.4, -0.2) is 25.7 Å². The van der Waals surface area contributed by atoms with Crippen LogP contribution in [0.5, 0.6) is 0 Å².